The second-order valence-corrected chi connectivity index (χ2v) is 3.37. The van der Waals surface area contributed by atoms with Crippen molar-refractivity contribution in [3.05, 3.63) is 24.3 Å². The van der Waals surface area contributed by atoms with Crippen LogP contribution in [0.15, 0.2) is 18.6 Å². The summed E-state index contributed by atoms with van der Waals surface area (Å²) in [5, 5.41) is 8.99. The molecule has 1 unspecified atom stereocenters. The lowest BCUT2D eigenvalue weighted by atomic mass is 10.1. The minimum Gasteiger partial charge on any atom is -0.481 e. The highest BCUT2D eigenvalue weighted by Crippen LogP contribution is 2.17. The first kappa shape index (κ1) is 9.72. The summed E-state index contributed by atoms with van der Waals surface area (Å²) in [5.74, 6) is -0.886. The van der Waals surface area contributed by atoms with Crippen LogP contribution >= 0.6 is 0 Å². The maximum atomic E-state index is 11.0. The number of carbonyl (C=O) groups is 1. The summed E-state index contributed by atoms with van der Waals surface area (Å²) in [4.78, 5) is 15.1. The first-order valence-electron chi connectivity index (χ1n) is 4.56. The molecule has 0 fully saturated rings. The Bertz CT molecular complexity index is 499. The molecule has 0 aromatic carbocycles. The van der Waals surface area contributed by atoms with E-state index in [0.717, 1.165) is 0 Å². The third-order valence-corrected chi connectivity index (χ3v) is 2.50. The normalized spacial score (nSPS) is 13.2. The number of hydrogen-bond acceptors (Lipinski definition) is 3. The van der Waals surface area contributed by atoms with E-state index in [2.05, 4.69) is 4.98 Å². The van der Waals surface area contributed by atoms with Gasteiger partial charge in [-0.3, -0.25) is 9.20 Å². The van der Waals surface area contributed by atoms with Crippen LogP contribution in [0.25, 0.3) is 5.78 Å². The van der Waals surface area contributed by atoms with Gasteiger partial charge in [-0.1, -0.05) is 0 Å². The van der Waals surface area contributed by atoms with E-state index in [4.69, 9.17) is 10.8 Å². The van der Waals surface area contributed by atoms with Crippen LogP contribution in [0, 0.1) is 0 Å². The minimum atomic E-state index is -0.915. The summed E-state index contributed by atoms with van der Waals surface area (Å²) in [6.45, 7) is 0.0797. The van der Waals surface area contributed by atoms with Crippen molar-refractivity contribution >= 4 is 11.7 Å². The summed E-state index contributed by atoms with van der Waals surface area (Å²) in [6, 6.07) is 0. The number of aromatic nitrogens is 3. The molecule has 6 nitrogen and oxygen atoms in total. The molecule has 0 aliphatic heterocycles. The lowest BCUT2D eigenvalue weighted by Gasteiger charge is -2.09. The van der Waals surface area contributed by atoms with Gasteiger partial charge in [0.05, 0.1) is 5.69 Å². The second-order valence-electron chi connectivity index (χ2n) is 3.37. The number of imidazole rings is 2. The van der Waals surface area contributed by atoms with E-state index in [1.165, 1.54) is 0 Å². The van der Waals surface area contributed by atoms with Crippen LogP contribution in [-0.4, -0.2) is 31.6 Å². The fourth-order valence-electron chi connectivity index (χ4n) is 1.68. The van der Waals surface area contributed by atoms with E-state index in [1.807, 2.05) is 0 Å². The topological polar surface area (TPSA) is 85.5 Å². The largest absolute Gasteiger partial charge is 0.481 e. The van der Waals surface area contributed by atoms with Gasteiger partial charge in [-0.15, -0.1) is 0 Å². The third kappa shape index (κ3) is 1.39. The zero-order chi connectivity index (χ0) is 11.0. The molecule has 6 heteroatoms. The van der Waals surface area contributed by atoms with Crippen LogP contribution in [-0.2, 0) is 11.8 Å². The quantitative estimate of drug-likeness (QED) is 0.731. The van der Waals surface area contributed by atoms with Crippen molar-refractivity contribution in [2.75, 3.05) is 6.54 Å². The average molecular weight is 208 g/mol. The fourth-order valence-corrected chi connectivity index (χ4v) is 1.68. The van der Waals surface area contributed by atoms with Crippen LogP contribution in [0.2, 0.25) is 0 Å². The van der Waals surface area contributed by atoms with Gasteiger partial charge in [0, 0.05) is 32.2 Å². The van der Waals surface area contributed by atoms with Gasteiger partial charge in [-0.05, 0) is 0 Å². The van der Waals surface area contributed by atoms with Crippen LogP contribution < -0.4 is 5.73 Å². The van der Waals surface area contributed by atoms with E-state index >= 15 is 0 Å². The number of rotatable bonds is 3. The molecule has 15 heavy (non-hydrogen) atoms. The van der Waals surface area contributed by atoms with Crippen molar-refractivity contribution in [2.24, 2.45) is 12.8 Å². The number of carboxylic acid groups (broad SMARTS) is 1. The molecule has 1 atom stereocenters. The predicted octanol–water partition coefficient (Wildman–Crippen LogP) is -0.200. The van der Waals surface area contributed by atoms with Crippen LogP contribution in [0.3, 0.4) is 0 Å². The van der Waals surface area contributed by atoms with Gasteiger partial charge in [-0.2, -0.15) is 0 Å². The number of aliphatic carboxylic acids is 1. The van der Waals surface area contributed by atoms with Gasteiger partial charge in [0.15, 0.2) is 0 Å². The van der Waals surface area contributed by atoms with E-state index in [0.29, 0.717) is 11.5 Å². The summed E-state index contributed by atoms with van der Waals surface area (Å²) in [6.07, 6.45) is 5.18. The molecule has 80 valence electrons. The average Bonchev–Trinajstić information content (AvgIpc) is 2.72. The summed E-state index contributed by atoms with van der Waals surface area (Å²) in [5.41, 5.74) is 6.10. The molecule has 0 saturated heterocycles. The molecule has 2 heterocycles. The summed E-state index contributed by atoms with van der Waals surface area (Å²) < 4.78 is 3.52. The van der Waals surface area contributed by atoms with Crippen LogP contribution in [0.4, 0.5) is 0 Å². The zero-order valence-corrected chi connectivity index (χ0v) is 8.29. The predicted molar refractivity (Wildman–Crippen MR) is 53.6 cm³/mol. The first-order valence-corrected chi connectivity index (χ1v) is 4.56. The number of aryl methyl sites for hydroxylation is 1. The molecule has 0 bridgehead atoms. The maximum Gasteiger partial charge on any atom is 0.313 e. The first-order chi connectivity index (χ1) is 7.15. The van der Waals surface area contributed by atoms with E-state index in [1.54, 1.807) is 34.6 Å². The highest BCUT2D eigenvalue weighted by atomic mass is 16.4. The molecule has 0 aliphatic carbocycles. The highest BCUT2D eigenvalue weighted by Gasteiger charge is 2.22. The fraction of sp³-hybridized carbons (Fsp3) is 0.333. The second kappa shape index (κ2) is 3.39. The summed E-state index contributed by atoms with van der Waals surface area (Å²) in [7, 11) is 1.78. The molecule has 3 N–H and O–H groups in total. The van der Waals surface area contributed by atoms with Crippen molar-refractivity contribution in [3.8, 4) is 0 Å². The Hall–Kier alpha value is -1.82. The Labute approximate surface area is 85.9 Å². The van der Waals surface area contributed by atoms with Gasteiger partial charge < -0.3 is 15.4 Å². The third-order valence-electron chi connectivity index (χ3n) is 2.50. The molecule has 0 saturated carbocycles. The van der Waals surface area contributed by atoms with Gasteiger partial charge >= 0.3 is 5.97 Å². The molecule has 2 aromatic rings. The molecule has 0 amide bonds. The molecular weight excluding hydrogens is 196 g/mol. The Kier molecular flexibility index (Phi) is 2.20. The van der Waals surface area contributed by atoms with Crippen molar-refractivity contribution in [1.82, 2.24) is 14.0 Å². The number of hydrogen-bond donors (Lipinski definition) is 2. The lowest BCUT2D eigenvalue weighted by Crippen LogP contribution is -2.23. The molecule has 0 spiro atoms. The van der Waals surface area contributed by atoms with Gasteiger partial charge in [0.2, 0.25) is 5.78 Å². The molecular formula is C9H12N4O2. The number of nitrogens with two attached hydrogens (primary N) is 1. The Morgan fingerprint density at radius 1 is 1.73 bits per heavy atom. The van der Waals surface area contributed by atoms with Crippen LogP contribution in [0.1, 0.15) is 11.6 Å². The monoisotopic (exact) mass is 208 g/mol. The molecule has 2 rings (SSSR count). The van der Waals surface area contributed by atoms with Crippen molar-refractivity contribution in [2.45, 2.75) is 5.92 Å². The lowest BCUT2D eigenvalue weighted by molar-refractivity contribution is -0.138. The summed E-state index contributed by atoms with van der Waals surface area (Å²) >= 11 is 0. The van der Waals surface area contributed by atoms with Crippen molar-refractivity contribution < 1.29 is 9.90 Å². The Morgan fingerprint density at radius 3 is 3.00 bits per heavy atom. The van der Waals surface area contributed by atoms with Crippen molar-refractivity contribution in [3.63, 3.8) is 0 Å². The van der Waals surface area contributed by atoms with E-state index in [-0.39, 0.29) is 6.54 Å². The minimum absolute atomic E-state index is 0.0797. The standard InChI is InChI=1S/C9H12N4O2/c1-12-7(6(4-10)8(14)15)5-13-3-2-11-9(12)13/h2-3,5-6H,4,10H2,1H3,(H,14,15). The maximum absolute atomic E-state index is 11.0. The van der Waals surface area contributed by atoms with Gasteiger partial charge in [0.1, 0.15) is 5.92 Å². The number of carboxylic acids is 1. The molecule has 0 radical (unpaired) electrons. The van der Waals surface area contributed by atoms with Crippen molar-refractivity contribution in [1.29, 1.82) is 0 Å². The van der Waals surface area contributed by atoms with E-state index in [9.17, 15) is 4.79 Å². The van der Waals surface area contributed by atoms with Gasteiger partial charge in [-0.25, -0.2) is 4.98 Å². The highest BCUT2D eigenvalue weighted by molar-refractivity contribution is 5.76. The number of nitrogens with zero attached hydrogens (tertiary/aromatic N) is 3. The SMILES string of the molecule is Cn1c(C(CN)C(=O)O)cn2ccnc12. The zero-order valence-electron chi connectivity index (χ0n) is 8.29. The van der Waals surface area contributed by atoms with Gasteiger partial charge in [0.25, 0.3) is 0 Å². The van der Waals surface area contributed by atoms with E-state index < -0.39 is 11.9 Å². The Morgan fingerprint density at radius 2 is 2.47 bits per heavy atom. The number of fused-ring (bicyclic) bond motifs is 1. The molecule has 2 aromatic heterocycles. The Balaban J connectivity index is 2.55. The van der Waals surface area contributed by atoms with Crippen LogP contribution in [0.5, 0.6) is 0 Å². The smallest absolute Gasteiger partial charge is 0.313 e. The molecule has 0 aliphatic rings.